The molecule has 2 aromatic heterocycles. The summed E-state index contributed by atoms with van der Waals surface area (Å²) in [6.45, 7) is 8.21. The maximum absolute atomic E-state index is 12.2. The fourth-order valence-corrected chi connectivity index (χ4v) is 3.32. The van der Waals surface area contributed by atoms with Gasteiger partial charge in [0.15, 0.2) is 0 Å². The quantitative estimate of drug-likeness (QED) is 0.783. The van der Waals surface area contributed by atoms with Crippen LogP contribution in [-0.2, 0) is 17.8 Å². The van der Waals surface area contributed by atoms with Crippen LogP contribution in [0.2, 0.25) is 0 Å². The zero-order valence-corrected chi connectivity index (χ0v) is 13.6. The molecule has 21 heavy (non-hydrogen) atoms. The Bertz CT molecular complexity index is 626. The molecule has 0 fully saturated rings. The molecule has 0 aliphatic rings. The standard InChI is InChI=1S/C14H21N5OS/c1-5-10-11(21-9(4)17-10)6-16-14(20)13(15)12-7(2)18-19-8(12)3/h13H,5-6,15H2,1-4H3,(H,16,20)(H,18,19)/t13-/m0/s1. The van der Waals surface area contributed by atoms with Gasteiger partial charge in [-0.25, -0.2) is 4.98 Å². The van der Waals surface area contributed by atoms with Crippen LogP contribution in [0.3, 0.4) is 0 Å². The van der Waals surface area contributed by atoms with Crippen LogP contribution in [0.5, 0.6) is 0 Å². The van der Waals surface area contributed by atoms with Gasteiger partial charge < -0.3 is 11.1 Å². The fourth-order valence-electron chi connectivity index (χ4n) is 2.35. The summed E-state index contributed by atoms with van der Waals surface area (Å²) in [6.07, 6.45) is 0.863. The highest BCUT2D eigenvalue weighted by atomic mass is 32.1. The van der Waals surface area contributed by atoms with Crippen LogP contribution in [-0.4, -0.2) is 21.1 Å². The molecular formula is C14H21N5OS. The van der Waals surface area contributed by atoms with Gasteiger partial charge in [0.25, 0.3) is 0 Å². The molecule has 1 amide bonds. The molecule has 0 saturated heterocycles. The van der Waals surface area contributed by atoms with Crippen molar-refractivity contribution in [3.63, 3.8) is 0 Å². The van der Waals surface area contributed by atoms with Crippen molar-refractivity contribution >= 4 is 17.2 Å². The first-order valence-electron chi connectivity index (χ1n) is 6.94. The Morgan fingerprint density at radius 1 is 1.43 bits per heavy atom. The number of thiazole rings is 1. The van der Waals surface area contributed by atoms with Gasteiger partial charge >= 0.3 is 0 Å². The second-order valence-corrected chi connectivity index (χ2v) is 6.29. The molecule has 0 spiro atoms. The summed E-state index contributed by atoms with van der Waals surface area (Å²) < 4.78 is 0. The van der Waals surface area contributed by atoms with E-state index in [0.717, 1.165) is 39.0 Å². The molecule has 0 aromatic carbocycles. The van der Waals surface area contributed by atoms with Gasteiger partial charge in [-0.15, -0.1) is 11.3 Å². The molecule has 0 aliphatic heterocycles. The number of carbonyl (C=O) groups excluding carboxylic acids is 1. The van der Waals surface area contributed by atoms with Gasteiger partial charge in [-0.05, 0) is 27.2 Å². The van der Waals surface area contributed by atoms with Crippen LogP contribution in [0.1, 0.15) is 45.5 Å². The Hall–Kier alpha value is -1.73. The highest BCUT2D eigenvalue weighted by Crippen LogP contribution is 2.20. The van der Waals surface area contributed by atoms with Crippen LogP contribution in [0, 0.1) is 20.8 Å². The second-order valence-electron chi connectivity index (χ2n) is 5.00. The summed E-state index contributed by atoms with van der Waals surface area (Å²) in [4.78, 5) is 17.8. The van der Waals surface area contributed by atoms with Gasteiger partial charge in [-0.1, -0.05) is 6.92 Å². The average Bonchev–Trinajstić information content (AvgIpc) is 2.98. The van der Waals surface area contributed by atoms with E-state index >= 15 is 0 Å². The highest BCUT2D eigenvalue weighted by molar-refractivity contribution is 7.11. The first kappa shape index (κ1) is 15.7. The van der Waals surface area contributed by atoms with E-state index in [0.29, 0.717) is 6.54 Å². The Kier molecular flexibility index (Phi) is 4.74. The third kappa shape index (κ3) is 3.30. The lowest BCUT2D eigenvalue weighted by atomic mass is 10.1. The minimum atomic E-state index is -0.706. The van der Waals surface area contributed by atoms with Crippen molar-refractivity contribution in [2.75, 3.05) is 0 Å². The predicted molar refractivity (Wildman–Crippen MR) is 83.1 cm³/mol. The third-order valence-corrected chi connectivity index (χ3v) is 4.43. The second kappa shape index (κ2) is 6.36. The average molecular weight is 307 g/mol. The van der Waals surface area contributed by atoms with Crippen molar-refractivity contribution in [2.24, 2.45) is 5.73 Å². The van der Waals surface area contributed by atoms with Gasteiger partial charge in [0.05, 0.1) is 22.9 Å². The van der Waals surface area contributed by atoms with Crippen molar-refractivity contribution in [1.82, 2.24) is 20.5 Å². The summed E-state index contributed by atoms with van der Waals surface area (Å²) in [5.41, 5.74) is 9.44. The first-order valence-corrected chi connectivity index (χ1v) is 7.75. The van der Waals surface area contributed by atoms with E-state index in [1.807, 2.05) is 20.8 Å². The van der Waals surface area contributed by atoms with E-state index < -0.39 is 6.04 Å². The number of aromatic nitrogens is 3. The molecule has 0 bridgehead atoms. The Morgan fingerprint density at radius 3 is 2.71 bits per heavy atom. The van der Waals surface area contributed by atoms with E-state index in [1.54, 1.807) is 11.3 Å². The van der Waals surface area contributed by atoms with Gasteiger partial charge in [-0.3, -0.25) is 9.89 Å². The van der Waals surface area contributed by atoms with Gasteiger partial charge in [-0.2, -0.15) is 5.10 Å². The predicted octanol–water partition coefficient (Wildman–Crippen LogP) is 1.67. The number of nitrogens with two attached hydrogens (primary N) is 1. The highest BCUT2D eigenvalue weighted by Gasteiger charge is 2.22. The number of nitrogens with one attached hydrogen (secondary N) is 2. The number of rotatable bonds is 5. The smallest absolute Gasteiger partial charge is 0.241 e. The molecule has 0 aliphatic carbocycles. The van der Waals surface area contributed by atoms with E-state index in [9.17, 15) is 4.79 Å². The minimum Gasteiger partial charge on any atom is -0.349 e. The van der Waals surface area contributed by atoms with Gasteiger partial charge in [0, 0.05) is 16.1 Å². The molecule has 0 unspecified atom stereocenters. The third-order valence-electron chi connectivity index (χ3n) is 3.42. The van der Waals surface area contributed by atoms with E-state index in [4.69, 9.17) is 5.73 Å². The first-order chi connectivity index (χ1) is 9.93. The van der Waals surface area contributed by atoms with Crippen LogP contribution in [0.4, 0.5) is 0 Å². The van der Waals surface area contributed by atoms with E-state index in [-0.39, 0.29) is 5.91 Å². The zero-order chi connectivity index (χ0) is 15.6. The number of aromatic amines is 1. The van der Waals surface area contributed by atoms with Crippen molar-refractivity contribution in [3.05, 3.63) is 32.5 Å². The van der Waals surface area contributed by atoms with Crippen molar-refractivity contribution < 1.29 is 4.79 Å². The van der Waals surface area contributed by atoms with Crippen LogP contribution in [0.15, 0.2) is 0 Å². The van der Waals surface area contributed by atoms with Crippen LogP contribution < -0.4 is 11.1 Å². The van der Waals surface area contributed by atoms with E-state index in [2.05, 4.69) is 27.4 Å². The number of H-pyrrole nitrogens is 1. The van der Waals surface area contributed by atoms with E-state index in [1.165, 1.54) is 0 Å². The lowest BCUT2D eigenvalue weighted by molar-refractivity contribution is -0.122. The van der Waals surface area contributed by atoms with Crippen molar-refractivity contribution in [2.45, 2.75) is 46.7 Å². The number of aryl methyl sites for hydroxylation is 4. The zero-order valence-electron chi connectivity index (χ0n) is 12.8. The molecule has 0 saturated carbocycles. The lowest BCUT2D eigenvalue weighted by Gasteiger charge is -2.12. The Balaban J connectivity index is 2.05. The Labute approximate surface area is 128 Å². The number of carbonyl (C=O) groups is 1. The molecule has 7 heteroatoms. The molecule has 4 N–H and O–H groups in total. The molecule has 2 heterocycles. The molecule has 6 nitrogen and oxygen atoms in total. The minimum absolute atomic E-state index is 0.198. The topological polar surface area (TPSA) is 96.7 Å². The van der Waals surface area contributed by atoms with Crippen LogP contribution >= 0.6 is 11.3 Å². The number of nitrogens with zero attached hydrogens (tertiary/aromatic N) is 2. The fraction of sp³-hybridized carbons (Fsp3) is 0.500. The summed E-state index contributed by atoms with van der Waals surface area (Å²) in [7, 11) is 0. The lowest BCUT2D eigenvalue weighted by Crippen LogP contribution is -2.34. The maximum atomic E-state index is 12.2. The molecule has 114 valence electrons. The number of hydrogen-bond acceptors (Lipinski definition) is 5. The van der Waals surface area contributed by atoms with Gasteiger partial charge in [0.2, 0.25) is 5.91 Å². The van der Waals surface area contributed by atoms with Crippen molar-refractivity contribution in [1.29, 1.82) is 0 Å². The Morgan fingerprint density at radius 2 is 2.14 bits per heavy atom. The molecule has 2 aromatic rings. The molecular weight excluding hydrogens is 286 g/mol. The summed E-state index contributed by atoms with van der Waals surface area (Å²) in [5.74, 6) is -0.198. The largest absolute Gasteiger partial charge is 0.349 e. The molecule has 1 atom stereocenters. The summed E-state index contributed by atoms with van der Waals surface area (Å²) >= 11 is 1.61. The van der Waals surface area contributed by atoms with Gasteiger partial charge in [0.1, 0.15) is 6.04 Å². The van der Waals surface area contributed by atoms with Crippen molar-refractivity contribution in [3.8, 4) is 0 Å². The summed E-state index contributed by atoms with van der Waals surface area (Å²) in [6, 6.07) is -0.706. The molecule has 0 radical (unpaired) electrons. The monoisotopic (exact) mass is 307 g/mol. The SMILES string of the molecule is CCc1nc(C)sc1CNC(=O)[C@@H](N)c1c(C)n[nH]c1C. The number of amides is 1. The molecule has 2 rings (SSSR count). The summed E-state index contributed by atoms with van der Waals surface area (Å²) in [5, 5.41) is 10.8. The normalized spacial score (nSPS) is 12.4. The maximum Gasteiger partial charge on any atom is 0.241 e. The van der Waals surface area contributed by atoms with Crippen LogP contribution in [0.25, 0.3) is 0 Å². The number of hydrogen-bond donors (Lipinski definition) is 3.